The van der Waals surface area contributed by atoms with E-state index in [-0.39, 0.29) is 11.5 Å². The lowest BCUT2D eigenvalue weighted by Crippen LogP contribution is -2.38. The van der Waals surface area contributed by atoms with E-state index in [1.807, 2.05) is 17.8 Å². The van der Waals surface area contributed by atoms with Crippen LogP contribution in [0.3, 0.4) is 0 Å². The maximum Gasteiger partial charge on any atom is 0.274 e. The highest BCUT2D eigenvalue weighted by Gasteiger charge is 2.22. The Morgan fingerprint density at radius 3 is 2.63 bits per heavy atom. The molecule has 5 nitrogen and oxygen atoms in total. The van der Waals surface area contributed by atoms with Gasteiger partial charge in [0.25, 0.3) is 11.5 Å². The van der Waals surface area contributed by atoms with Crippen molar-refractivity contribution in [1.82, 2.24) is 15.1 Å². The van der Waals surface area contributed by atoms with Crippen LogP contribution in [0.25, 0.3) is 10.8 Å². The number of carbonyl (C=O) groups excluding carboxylic acids is 1. The van der Waals surface area contributed by atoms with Crippen molar-refractivity contribution >= 4 is 28.4 Å². The van der Waals surface area contributed by atoms with E-state index < -0.39 is 0 Å². The van der Waals surface area contributed by atoms with Gasteiger partial charge in [0.2, 0.25) is 0 Å². The molecule has 0 unspecified atom stereocenters. The van der Waals surface area contributed by atoms with E-state index in [2.05, 4.69) is 10.2 Å². The topological polar surface area (TPSA) is 66.1 Å². The molecule has 1 saturated heterocycles. The molecule has 0 aliphatic carbocycles. The number of rotatable bonds is 1. The van der Waals surface area contributed by atoms with Gasteiger partial charge in [-0.15, -0.1) is 0 Å². The first-order chi connectivity index (χ1) is 9.27. The van der Waals surface area contributed by atoms with Crippen LogP contribution in [0, 0.1) is 0 Å². The van der Waals surface area contributed by atoms with E-state index in [1.165, 1.54) is 0 Å². The highest BCUT2D eigenvalue weighted by Crippen LogP contribution is 2.17. The van der Waals surface area contributed by atoms with Crippen molar-refractivity contribution in [1.29, 1.82) is 0 Å². The minimum absolute atomic E-state index is 0.104. The summed E-state index contributed by atoms with van der Waals surface area (Å²) in [6, 6.07) is 7.07. The highest BCUT2D eigenvalue weighted by atomic mass is 32.2. The zero-order valence-electron chi connectivity index (χ0n) is 10.3. The fourth-order valence-electron chi connectivity index (χ4n) is 2.19. The monoisotopic (exact) mass is 275 g/mol. The molecule has 0 saturated carbocycles. The molecule has 1 amide bonds. The largest absolute Gasteiger partial charge is 0.336 e. The Balaban J connectivity index is 2.07. The lowest BCUT2D eigenvalue weighted by Gasteiger charge is -2.26. The molecule has 2 aromatic rings. The van der Waals surface area contributed by atoms with Crippen LogP contribution in [-0.4, -0.2) is 45.6 Å². The summed E-state index contributed by atoms with van der Waals surface area (Å²) in [6.07, 6.45) is 0. The number of nitrogens with one attached hydrogen (secondary N) is 1. The number of H-pyrrole nitrogens is 1. The summed E-state index contributed by atoms with van der Waals surface area (Å²) in [5, 5.41) is 7.48. The smallest absolute Gasteiger partial charge is 0.274 e. The van der Waals surface area contributed by atoms with E-state index in [0.717, 1.165) is 24.6 Å². The number of carbonyl (C=O) groups is 1. The minimum Gasteiger partial charge on any atom is -0.336 e. The summed E-state index contributed by atoms with van der Waals surface area (Å²) in [4.78, 5) is 25.9. The number of nitrogens with zero attached hydrogens (tertiary/aromatic N) is 2. The number of aromatic amines is 1. The fraction of sp³-hybridized carbons (Fsp3) is 0.308. The zero-order valence-corrected chi connectivity index (χ0v) is 11.1. The van der Waals surface area contributed by atoms with Crippen LogP contribution in [0.2, 0.25) is 0 Å². The van der Waals surface area contributed by atoms with Crippen LogP contribution in [0.1, 0.15) is 10.5 Å². The summed E-state index contributed by atoms with van der Waals surface area (Å²) in [6.45, 7) is 1.47. The molecule has 0 spiro atoms. The van der Waals surface area contributed by atoms with Crippen molar-refractivity contribution in [2.75, 3.05) is 24.6 Å². The number of thioether (sulfide) groups is 1. The average molecular weight is 275 g/mol. The van der Waals surface area contributed by atoms with Gasteiger partial charge in [0.05, 0.1) is 5.39 Å². The summed E-state index contributed by atoms with van der Waals surface area (Å²) < 4.78 is 0. The molecule has 0 atom stereocenters. The Labute approximate surface area is 114 Å². The molecule has 0 radical (unpaired) electrons. The second-order valence-electron chi connectivity index (χ2n) is 4.35. The van der Waals surface area contributed by atoms with Crippen LogP contribution in [-0.2, 0) is 0 Å². The predicted molar refractivity (Wildman–Crippen MR) is 75.6 cm³/mol. The van der Waals surface area contributed by atoms with Gasteiger partial charge in [-0.25, -0.2) is 5.10 Å². The van der Waals surface area contributed by atoms with E-state index in [1.54, 1.807) is 23.1 Å². The van der Waals surface area contributed by atoms with Gasteiger partial charge in [0.15, 0.2) is 5.69 Å². The first-order valence-corrected chi connectivity index (χ1v) is 7.27. The molecule has 98 valence electrons. The molecule has 1 N–H and O–H groups in total. The molecular weight excluding hydrogens is 262 g/mol. The van der Waals surface area contributed by atoms with Gasteiger partial charge in [-0.05, 0) is 6.07 Å². The summed E-state index contributed by atoms with van der Waals surface area (Å²) >= 11 is 1.85. The fourth-order valence-corrected chi connectivity index (χ4v) is 3.10. The highest BCUT2D eigenvalue weighted by molar-refractivity contribution is 7.99. The van der Waals surface area contributed by atoms with E-state index >= 15 is 0 Å². The molecule has 1 fully saturated rings. The Morgan fingerprint density at radius 2 is 1.89 bits per heavy atom. The Morgan fingerprint density at radius 1 is 1.21 bits per heavy atom. The second-order valence-corrected chi connectivity index (χ2v) is 5.58. The number of amides is 1. The van der Waals surface area contributed by atoms with Gasteiger partial charge in [-0.3, -0.25) is 9.59 Å². The maximum absolute atomic E-state index is 12.5. The number of fused-ring (bicyclic) bond motifs is 1. The third-order valence-electron chi connectivity index (χ3n) is 3.20. The molecule has 1 aromatic heterocycles. The lowest BCUT2D eigenvalue weighted by atomic mass is 10.1. The van der Waals surface area contributed by atoms with Crippen LogP contribution < -0.4 is 5.56 Å². The third-order valence-corrected chi connectivity index (χ3v) is 4.14. The standard InChI is InChI=1S/C13H13N3O2S/c17-12-10-4-2-1-3-9(10)11(14-15-12)13(18)16-5-7-19-8-6-16/h1-4H,5-8H2,(H,15,17). The number of benzene rings is 1. The van der Waals surface area contributed by atoms with Crippen LogP contribution in [0.5, 0.6) is 0 Å². The molecule has 3 rings (SSSR count). The van der Waals surface area contributed by atoms with Crippen LogP contribution in [0.4, 0.5) is 0 Å². The first-order valence-electron chi connectivity index (χ1n) is 6.12. The van der Waals surface area contributed by atoms with E-state index in [4.69, 9.17) is 0 Å². The molecule has 1 aliphatic rings. The van der Waals surface area contributed by atoms with Gasteiger partial charge in [-0.1, -0.05) is 18.2 Å². The van der Waals surface area contributed by atoms with Gasteiger partial charge in [-0.2, -0.15) is 16.9 Å². The molecular formula is C13H13N3O2S. The van der Waals surface area contributed by atoms with Crippen LogP contribution >= 0.6 is 11.8 Å². The normalized spacial score (nSPS) is 15.7. The van der Waals surface area contributed by atoms with Crippen molar-refractivity contribution in [2.45, 2.75) is 0 Å². The van der Waals surface area contributed by atoms with Gasteiger partial charge in [0, 0.05) is 30.0 Å². The second kappa shape index (κ2) is 5.05. The third kappa shape index (κ3) is 2.23. The average Bonchev–Trinajstić information content (AvgIpc) is 2.48. The Kier molecular flexibility index (Phi) is 3.25. The summed E-state index contributed by atoms with van der Waals surface area (Å²) in [7, 11) is 0. The molecule has 1 aromatic carbocycles. The van der Waals surface area contributed by atoms with E-state index in [9.17, 15) is 9.59 Å². The van der Waals surface area contributed by atoms with Crippen molar-refractivity contribution in [3.63, 3.8) is 0 Å². The zero-order chi connectivity index (χ0) is 13.2. The van der Waals surface area contributed by atoms with E-state index in [0.29, 0.717) is 16.5 Å². The minimum atomic E-state index is -0.263. The number of hydrogen-bond donors (Lipinski definition) is 1. The maximum atomic E-state index is 12.5. The SMILES string of the molecule is O=C(c1n[nH]c(=O)c2ccccc12)N1CCSCC1. The molecule has 0 bridgehead atoms. The lowest BCUT2D eigenvalue weighted by molar-refractivity contribution is 0.0767. The first kappa shape index (κ1) is 12.2. The van der Waals surface area contributed by atoms with Gasteiger partial charge < -0.3 is 4.90 Å². The van der Waals surface area contributed by atoms with Gasteiger partial charge in [0.1, 0.15) is 0 Å². The molecule has 6 heteroatoms. The molecule has 2 heterocycles. The van der Waals surface area contributed by atoms with Crippen LogP contribution in [0.15, 0.2) is 29.1 Å². The number of aromatic nitrogens is 2. The summed E-state index contributed by atoms with van der Waals surface area (Å²) in [5.74, 6) is 1.80. The van der Waals surface area contributed by atoms with Crippen molar-refractivity contribution in [3.8, 4) is 0 Å². The number of hydrogen-bond acceptors (Lipinski definition) is 4. The van der Waals surface area contributed by atoms with Crippen molar-refractivity contribution in [3.05, 3.63) is 40.3 Å². The molecule has 1 aliphatic heterocycles. The molecule has 19 heavy (non-hydrogen) atoms. The van der Waals surface area contributed by atoms with Crippen molar-refractivity contribution < 1.29 is 4.79 Å². The summed E-state index contributed by atoms with van der Waals surface area (Å²) in [5.41, 5.74) is 0.0726. The Hall–Kier alpha value is -1.82. The van der Waals surface area contributed by atoms with Gasteiger partial charge >= 0.3 is 0 Å². The Bertz CT molecular complexity index is 677. The quantitative estimate of drug-likeness (QED) is 0.846. The predicted octanol–water partition coefficient (Wildman–Crippen LogP) is 1.11. The van der Waals surface area contributed by atoms with Crippen molar-refractivity contribution in [2.24, 2.45) is 0 Å².